The molecule has 0 amide bonds. The van der Waals surface area contributed by atoms with Crippen molar-refractivity contribution < 1.29 is 22.7 Å². The van der Waals surface area contributed by atoms with E-state index in [1.165, 1.54) is 0 Å². The lowest BCUT2D eigenvalue weighted by molar-refractivity contribution is -0.305. The molecular formula is C10H15F3N2O2. The molecule has 0 unspecified atom stereocenters. The quantitative estimate of drug-likeness (QED) is 0.777. The molecule has 4 nitrogen and oxygen atoms in total. The van der Waals surface area contributed by atoms with Gasteiger partial charge in [-0.05, 0) is 12.5 Å². The predicted molar refractivity (Wildman–Crippen MR) is 54.9 cm³/mol. The van der Waals surface area contributed by atoms with Crippen molar-refractivity contribution in [3.63, 3.8) is 0 Å². The number of carbonyl (C=O) groups excluding carboxylic acids is 1. The number of esters is 1. The number of hydrogen-bond donors (Lipinski definition) is 0. The molecule has 0 atom stereocenters. The number of aromatic nitrogens is 2. The van der Waals surface area contributed by atoms with Crippen molar-refractivity contribution in [2.24, 2.45) is 7.05 Å². The summed E-state index contributed by atoms with van der Waals surface area (Å²) < 4.78 is 38.7. The highest BCUT2D eigenvalue weighted by molar-refractivity contribution is 5.69. The third kappa shape index (κ3) is 10.7. The number of ether oxygens (including phenoxy) is 1. The third-order valence-corrected chi connectivity index (χ3v) is 1.60. The number of unbranched alkanes of at least 4 members (excludes halogenated alkanes) is 1. The zero-order chi connectivity index (χ0) is 13.3. The Kier molecular flexibility index (Phi) is 7.00. The summed E-state index contributed by atoms with van der Waals surface area (Å²) in [7, 11) is 1.89. The first-order chi connectivity index (χ1) is 7.85. The van der Waals surface area contributed by atoms with Crippen molar-refractivity contribution in [3.8, 4) is 0 Å². The molecule has 0 aromatic carbocycles. The average molecular weight is 252 g/mol. The van der Waals surface area contributed by atoms with Gasteiger partial charge in [-0.25, -0.2) is 0 Å². The summed E-state index contributed by atoms with van der Waals surface area (Å²) in [6.45, 7) is 1.78. The molecule has 0 radical (unpaired) electrons. The van der Waals surface area contributed by atoms with Gasteiger partial charge in [0, 0.05) is 25.9 Å². The van der Waals surface area contributed by atoms with Crippen LogP contribution in [0, 0.1) is 0 Å². The van der Waals surface area contributed by atoms with Crippen molar-refractivity contribution in [1.29, 1.82) is 0 Å². The van der Waals surface area contributed by atoms with Crippen molar-refractivity contribution in [1.82, 2.24) is 9.78 Å². The van der Waals surface area contributed by atoms with Crippen LogP contribution in [0.1, 0.15) is 26.2 Å². The molecule has 1 aromatic rings. The molecule has 17 heavy (non-hydrogen) atoms. The number of aryl methyl sites for hydroxylation is 1. The molecule has 0 bridgehead atoms. The predicted octanol–water partition coefficient (Wildman–Crippen LogP) is 2.66. The van der Waals surface area contributed by atoms with Gasteiger partial charge in [0.15, 0.2) is 0 Å². The molecule has 1 heterocycles. The van der Waals surface area contributed by atoms with Crippen LogP contribution in [0.4, 0.5) is 13.2 Å². The SMILES string of the molecule is CCCCC(=O)OC(F)(F)F.Cn1cccn1. The van der Waals surface area contributed by atoms with E-state index in [0.29, 0.717) is 12.8 Å². The van der Waals surface area contributed by atoms with E-state index in [2.05, 4.69) is 9.84 Å². The second-order valence-corrected chi connectivity index (χ2v) is 3.20. The van der Waals surface area contributed by atoms with Crippen LogP contribution in [0.5, 0.6) is 0 Å². The zero-order valence-corrected chi connectivity index (χ0v) is 9.70. The first-order valence-electron chi connectivity index (χ1n) is 5.07. The number of rotatable bonds is 3. The van der Waals surface area contributed by atoms with E-state index in [1.54, 1.807) is 17.8 Å². The molecule has 0 spiro atoms. The molecule has 1 rings (SSSR count). The molecule has 0 N–H and O–H groups in total. The molecule has 0 aliphatic heterocycles. The normalized spacial score (nSPS) is 10.4. The summed E-state index contributed by atoms with van der Waals surface area (Å²) in [5.74, 6) is -1.21. The summed E-state index contributed by atoms with van der Waals surface area (Å²) >= 11 is 0. The van der Waals surface area contributed by atoms with Crippen molar-refractivity contribution in [2.45, 2.75) is 32.5 Å². The number of nitrogens with zero attached hydrogens (tertiary/aromatic N) is 2. The third-order valence-electron chi connectivity index (χ3n) is 1.60. The van der Waals surface area contributed by atoms with Gasteiger partial charge in [0.25, 0.3) is 0 Å². The van der Waals surface area contributed by atoms with Crippen LogP contribution in [-0.4, -0.2) is 22.1 Å². The minimum absolute atomic E-state index is 0.171. The van der Waals surface area contributed by atoms with Gasteiger partial charge in [-0.3, -0.25) is 9.48 Å². The summed E-state index contributed by atoms with van der Waals surface area (Å²) in [4.78, 5) is 10.3. The average Bonchev–Trinajstić information content (AvgIpc) is 2.64. The largest absolute Gasteiger partial charge is 0.575 e. The number of hydrogen-bond acceptors (Lipinski definition) is 3. The smallest absolute Gasteiger partial charge is 0.373 e. The maximum Gasteiger partial charge on any atom is 0.575 e. The van der Waals surface area contributed by atoms with Gasteiger partial charge in [-0.15, -0.1) is 13.2 Å². The van der Waals surface area contributed by atoms with E-state index in [0.717, 1.165) is 0 Å². The second-order valence-electron chi connectivity index (χ2n) is 3.20. The Labute approximate surface area is 97.4 Å². The molecule has 98 valence electrons. The highest BCUT2D eigenvalue weighted by Crippen LogP contribution is 2.17. The van der Waals surface area contributed by atoms with E-state index >= 15 is 0 Å². The van der Waals surface area contributed by atoms with Crippen molar-refractivity contribution >= 4 is 5.97 Å². The lowest BCUT2D eigenvalue weighted by atomic mass is 10.3. The highest BCUT2D eigenvalue weighted by atomic mass is 19.4. The van der Waals surface area contributed by atoms with Crippen LogP contribution < -0.4 is 0 Å². The molecule has 0 fully saturated rings. The minimum Gasteiger partial charge on any atom is -0.373 e. The van der Waals surface area contributed by atoms with Crippen molar-refractivity contribution in [3.05, 3.63) is 18.5 Å². The summed E-state index contributed by atoms with van der Waals surface area (Å²) in [6, 6.07) is 1.89. The number of alkyl halides is 3. The fraction of sp³-hybridized carbons (Fsp3) is 0.600. The standard InChI is InChI=1S/C6H9F3O2.C4H6N2/c1-2-3-4-5(10)11-6(7,8)9;1-6-4-2-3-5-6/h2-4H2,1H3;2-4H,1H3. The first kappa shape index (κ1) is 15.5. The molecule has 0 saturated heterocycles. The monoisotopic (exact) mass is 252 g/mol. The van der Waals surface area contributed by atoms with Crippen LogP contribution in [0.25, 0.3) is 0 Å². The van der Waals surface area contributed by atoms with E-state index in [4.69, 9.17) is 0 Å². The fourth-order valence-electron chi connectivity index (χ4n) is 0.846. The van der Waals surface area contributed by atoms with Gasteiger partial charge < -0.3 is 4.74 Å². The van der Waals surface area contributed by atoms with Crippen LogP contribution in [0.15, 0.2) is 18.5 Å². The van der Waals surface area contributed by atoms with Gasteiger partial charge in [0.2, 0.25) is 0 Å². The number of carbonyl (C=O) groups is 1. The Morgan fingerprint density at radius 2 is 2.12 bits per heavy atom. The Hall–Kier alpha value is -1.53. The van der Waals surface area contributed by atoms with Gasteiger partial charge in [0.05, 0.1) is 0 Å². The maximum absolute atomic E-state index is 11.3. The Morgan fingerprint density at radius 1 is 1.47 bits per heavy atom. The lowest BCUT2D eigenvalue weighted by Crippen LogP contribution is -2.18. The van der Waals surface area contributed by atoms with E-state index < -0.39 is 12.3 Å². The number of halogens is 3. The first-order valence-corrected chi connectivity index (χ1v) is 5.07. The van der Waals surface area contributed by atoms with Gasteiger partial charge in [-0.1, -0.05) is 13.3 Å². The minimum atomic E-state index is -4.83. The summed E-state index contributed by atoms with van der Waals surface area (Å²) in [5, 5.41) is 3.83. The summed E-state index contributed by atoms with van der Waals surface area (Å²) in [5.41, 5.74) is 0. The molecule has 1 aromatic heterocycles. The van der Waals surface area contributed by atoms with Crippen molar-refractivity contribution in [2.75, 3.05) is 0 Å². The maximum atomic E-state index is 11.3. The molecule has 7 heteroatoms. The van der Waals surface area contributed by atoms with Crippen LogP contribution in [0.3, 0.4) is 0 Å². The van der Waals surface area contributed by atoms with E-state index in [1.807, 2.05) is 19.3 Å². The zero-order valence-electron chi connectivity index (χ0n) is 9.70. The van der Waals surface area contributed by atoms with Gasteiger partial charge in [-0.2, -0.15) is 5.10 Å². The fourth-order valence-corrected chi connectivity index (χ4v) is 0.846. The Morgan fingerprint density at radius 3 is 2.41 bits per heavy atom. The van der Waals surface area contributed by atoms with E-state index in [-0.39, 0.29) is 6.42 Å². The van der Waals surface area contributed by atoms with Gasteiger partial charge >= 0.3 is 12.3 Å². The highest BCUT2D eigenvalue weighted by Gasteiger charge is 2.33. The van der Waals surface area contributed by atoms with Crippen LogP contribution in [-0.2, 0) is 16.6 Å². The molecule has 0 aliphatic rings. The molecule has 0 saturated carbocycles. The van der Waals surface area contributed by atoms with Crippen LogP contribution >= 0.6 is 0 Å². The molecule has 0 aliphatic carbocycles. The lowest BCUT2D eigenvalue weighted by Gasteiger charge is -2.05. The van der Waals surface area contributed by atoms with E-state index in [9.17, 15) is 18.0 Å². The second kappa shape index (κ2) is 7.70. The Balaban J connectivity index is 0.000000354. The summed E-state index contributed by atoms with van der Waals surface area (Å²) in [6.07, 6.45) is -0.261. The topological polar surface area (TPSA) is 44.1 Å². The molecular weight excluding hydrogens is 237 g/mol. The van der Waals surface area contributed by atoms with Crippen LogP contribution in [0.2, 0.25) is 0 Å². The Bertz CT molecular complexity index is 310. The van der Waals surface area contributed by atoms with Gasteiger partial charge in [0.1, 0.15) is 0 Å².